The topological polar surface area (TPSA) is 381 Å². The number of hydrogen-bond donors (Lipinski definition) is 7. The lowest BCUT2D eigenvalue weighted by Gasteiger charge is -2.15. The number of nitrogens with zero attached hydrogens (tertiary/aromatic N) is 8. The van der Waals surface area contributed by atoms with Crippen molar-refractivity contribution >= 4 is 115 Å². The van der Waals surface area contributed by atoms with Crippen LogP contribution in [0.5, 0.6) is 5.75 Å². The summed E-state index contributed by atoms with van der Waals surface area (Å²) < 4.78 is 143. The minimum absolute atomic E-state index is 0.00866. The van der Waals surface area contributed by atoms with Crippen LogP contribution in [0.1, 0.15) is 6.42 Å². The van der Waals surface area contributed by atoms with Gasteiger partial charge < -0.3 is 20.3 Å². The lowest BCUT2D eigenvalue weighted by Crippen LogP contribution is -2.15. The van der Waals surface area contributed by atoms with Crippen LogP contribution in [0.25, 0.3) is 10.8 Å². The maximum atomic E-state index is 12.0. The summed E-state index contributed by atoms with van der Waals surface area (Å²) in [5.74, 6) is -0.909. The van der Waals surface area contributed by atoms with Gasteiger partial charge in [-0.05, 0) is 90.7 Å². The van der Waals surface area contributed by atoms with Crippen molar-refractivity contribution in [2.24, 2.45) is 20.5 Å². The quantitative estimate of drug-likeness (QED) is 0.00772. The molecule has 1 unspecified atom stereocenters. The molecule has 352 valence electrons. The minimum Gasteiger partial charge on any atom is -0.491 e. The van der Waals surface area contributed by atoms with E-state index in [9.17, 15) is 51.9 Å². The highest BCUT2D eigenvalue weighted by Crippen LogP contribution is 2.36. The Bertz CT molecular complexity index is 3370. The van der Waals surface area contributed by atoms with E-state index in [0.717, 1.165) is 6.07 Å². The Balaban J connectivity index is 1.14. The Hall–Kier alpha value is -6.36. The van der Waals surface area contributed by atoms with Gasteiger partial charge in [-0.2, -0.15) is 69.1 Å². The van der Waals surface area contributed by atoms with Gasteiger partial charge in [-0.1, -0.05) is 17.2 Å². The molecule has 1 atom stereocenters. The summed E-state index contributed by atoms with van der Waals surface area (Å²) in [6, 6.07) is 22.8. The predicted molar refractivity (Wildman–Crippen MR) is 238 cm³/mol. The molecule has 0 bridgehead atoms. The van der Waals surface area contributed by atoms with Crippen LogP contribution < -0.4 is 20.3 Å². The zero-order valence-electron chi connectivity index (χ0n) is 33.5. The average Bonchev–Trinajstić information content (AvgIpc) is 4.08. The van der Waals surface area contributed by atoms with Crippen molar-refractivity contribution in [3.8, 4) is 5.75 Å². The first-order chi connectivity index (χ1) is 31.6. The first kappa shape index (κ1) is 48.6. The number of ether oxygens (including phenoxy) is 1. The third-order valence-corrected chi connectivity index (χ3v) is 13.1. The zero-order chi connectivity index (χ0) is 48.1. The van der Waals surface area contributed by atoms with Crippen LogP contribution in [0.4, 0.5) is 52.0 Å². The molecular formula is C36H32N10O16S5. The first-order valence-electron chi connectivity index (χ1n) is 18.6. The molecule has 1 fully saturated rings. The van der Waals surface area contributed by atoms with E-state index < -0.39 is 61.4 Å². The fraction of sp³-hybridized carbons (Fsp3) is 0.139. The molecule has 6 aromatic rings. The predicted octanol–water partition coefficient (Wildman–Crippen LogP) is 6.96. The molecule has 31 heteroatoms. The van der Waals surface area contributed by atoms with E-state index in [1.54, 1.807) is 36.4 Å². The number of fused-ring (bicyclic) bond motifs is 1. The third-order valence-electron chi connectivity index (χ3n) is 8.92. The highest BCUT2D eigenvalue weighted by molar-refractivity contribution is 7.94. The average molecular weight is 1020 g/mol. The summed E-state index contributed by atoms with van der Waals surface area (Å²) >= 11 is 0.716. The Morgan fingerprint density at radius 3 is 1.99 bits per heavy atom. The molecule has 0 radical (unpaired) electrons. The van der Waals surface area contributed by atoms with Gasteiger partial charge in [0.1, 0.15) is 10.6 Å². The fourth-order valence-electron chi connectivity index (χ4n) is 5.88. The van der Waals surface area contributed by atoms with Gasteiger partial charge >= 0.3 is 0 Å². The molecule has 26 nitrogen and oxygen atoms in total. The Morgan fingerprint density at radius 1 is 0.701 bits per heavy atom. The summed E-state index contributed by atoms with van der Waals surface area (Å²) in [6.45, 7) is -0.332. The van der Waals surface area contributed by atoms with E-state index in [4.69, 9.17) is 9.99 Å². The smallest absolute Gasteiger partial charge is 0.295 e. The van der Waals surface area contributed by atoms with Gasteiger partial charge in [0.25, 0.3) is 40.5 Å². The van der Waals surface area contributed by atoms with Crippen LogP contribution in [0.3, 0.4) is 0 Å². The molecule has 0 aliphatic carbocycles. The summed E-state index contributed by atoms with van der Waals surface area (Å²) in [7, 11) is -18.6. The molecule has 1 aromatic heterocycles. The molecular weight excluding hydrogens is 989 g/mol. The molecule has 2 heterocycles. The number of benzene rings is 5. The second-order valence-electron chi connectivity index (χ2n) is 13.8. The largest absolute Gasteiger partial charge is 0.491 e. The second-order valence-corrected chi connectivity index (χ2v) is 20.5. The molecule has 1 aliphatic rings. The summed E-state index contributed by atoms with van der Waals surface area (Å²) in [5.41, 5.74) is 1.71. The van der Waals surface area contributed by atoms with Crippen LogP contribution in [-0.4, -0.2) is 96.4 Å². The zero-order valence-corrected chi connectivity index (χ0v) is 37.6. The number of azo groups is 2. The van der Waals surface area contributed by atoms with E-state index >= 15 is 0 Å². The van der Waals surface area contributed by atoms with Crippen molar-refractivity contribution < 1.29 is 71.2 Å². The number of hydrogen-bond acceptors (Lipinski definition) is 23. The third kappa shape index (κ3) is 13.4. The first-order valence-corrected chi connectivity index (χ1v) is 25.3. The highest BCUT2D eigenvalue weighted by atomic mass is 32.2. The Morgan fingerprint density at radius 2 is 1.34 bits per heavy atom. The molecule has 7 rings (SSSR count). The molecule has 7 N–H and O–H groups in total. The molecule has 5 aromatic carbocycles. The van der Waals surface area contributed by atoms with E-state index in [1.807, 2.05) is 0 Å². The molecule has 0 spiro atoms. The van der Waals surface area contributed by atoms with Crippen molar-refractivity contribution in [3.63, 3.8) is 0 Å². The molecule has 0 saturated carbocycles. The van der Waals surface area contributed by atoms with E-state index in [1.165, 1.54) is 53.4 Å². The van der Waals surface area contributed by atoms with E-state index in [-0.39, 0.29) is 71.0 Å². The molecule has 1 saturated heterocycles. The van der Waals surface area contributed by atoms with E-state index in [2.05, 4.69) is 55.4 Å². The van der Waals surface area contributed by atoms with Gasteiger partial charge in [0, 0.05) is 22.0 Å². The second kappa shape index (κ2) is 19.9. The number of rotatable bonds is 20. The van der Waals surface area contributed by atoms with Crippen molar-refractivity contribution in [2.45, 2.75) is 26.5 Å². The molecule has 0 amide bonds. The molecule has 67 heavy (non-hydrogen) atoms. The standard InChI is InChI=1S/C36H32N10O16S5/c47-61-62-63-27-4-1-3-24(17-27)43-45-26-10-12-30(31(18-26)60-13-2-14-64(48,49)50)38-35-39-34(40-36(41-35)46-20-33(46)67(57,58)59)37-22-5-7-23(8-6-22)42-44-25-9-11-29-21(15-25)16-28(65(51,52)53)19-32(29)66(54,55)56/h1,3-12,15-19,33,47H,2,13-14,20H2,(H,48,49,50)(H,51,52,53)(H,54,55,56)(H,57,58,59)(H2,37,38,39,40,41). The number of aromatic nitrogens is 3. The number of anilines is 5. The van der Waals surface area contributed by atoms with Crippen molar-refractivity contribution in [3.05, 3.63) is 97.1 Å². The summed E-state index contributed by atoms with van der Waals surface area (Å²) in [5, 5.41) is 33.3. The van der Waals surface area contributed by atoms with Gasteiger partial charge in [0.2, 0.25) is 17.8 Å². The summed E-state index contributed by atoms with van der Waals surface area (Å²) in [4.78, 5) is 13.2. The van der Waals surface area contributed by atoms with Crippen molar-refractivity contribution in [2.75, 3.05) is 34.4 Å². The summed E-state index contributed by atoms with van der Waals surface area (Å²) in [6.07, 6.45) is -0.103. The lowest BCUT2D eigenvalue weighted by molar-refractivity contribution is -0.432. The lowest BCUT2D eigenvalue weighted by atomic mass is 10.1. The minimum atomic E-state index is -4.89. The molecule has 1 aliphatic heterocycles. The van der Waals surface area contributed by atoms with Crippen LogP contribution in [-0.2, 0) is 49.8 Å². The highest BCUT2D eigenvalue weighted by Gasteiger charge is 2.46. The maximum Gasteiger partial charge on any atom is 0.295 e. The normalized spacial score (nSPS) is 14.5. The SMILES string of the molecule is O=S(=O)(O)CCCOc1cc(N=Nc2cccc(SOOO)c2)ccc1Nc1nc(Nc2ccc(N=Nc3ccc4c(S(=O)(=O)O)cc(S(=O)(=O)O)cc4c3)cc2)nc(N2CC2S(=O)(=O)O)n1. The van der Waals surface area contributed by atoms with E-state index in [0.29, 0.717) is 40.1 Å². The van der Waals surface area contributed by atoms with Gasteiger partial charge in [-0.15, -0.1) is 4.33 Å². The Kier molecular flexibility index (Phi) is 14.4. The number of nitrogens with one attached hydrogen (secondary N) is 2. The fourth-order valence-corrected chi connectivity index (χ4v) is 8.89. The monoisotopic (exact) mass is 1020 g/mol. The van der Waals surface area contributed by atoms with Gasteiger partial charge in [0.05, 0.1) is 64.3 Å². The van der Waals surface area contributed by atoms with Gasteiger partial charge in [0.15, 0.2) is 5.37 Å². The van der Waals surface area contributed by atoms with Gasteiger partial charge in [-0.3, -0.25) is 18.2 Å². The van der Waals surface area contributed by atoms with Crippen LogP contribution in [0, 0.1) is 0 Å². The van der Waals surface area contributed by atoms with Crippen molar-refractivity contribution in [1.82, 2.24) is 15.0 Å². The van der Waals surface area contributed by atoms with Crippen molar-refractivity contribution in [1.29, 1.82) is 0 Å². The van der Waals surface area contributed by atoms with Gasteiger partial charge in [-0.25, -0.2) is 5.26 Å². The maximum absolute atomic E-state index is 12.0. The van der Waals surface area contributed by atoms with Crippen LogP contribution >= 0.6 is 12.0 Å². The van der Waals surface area contributed by atoms with Crippen LogP contribution in [0.15, 0.2) is 132 Å². The van der Waals surface area contributed by atoms with Crippen LogP contribution in [0.2, 0.25) is 0 Å². The Labute approximate surface area is 383 Å².